The molecule has 150 valence electrons. The Balaban J connectivity index is 1.50. The van der Waals surface area contributed by atoms with Crippen molar-refractivity contribution in [2.75, 3.05) is 0 Å². The van der Waals surface area contributed by atoms with Crippen molar-refractivity contribution in [3.8, 4) is 0 Å². The van der Waals surface area contributed by atoms with Crippen LogP contribution < -0.4 is 0 Å². The zero-order valence-electron chi connectivity index (χ0n) is 17.9. The van der Waals surface area contributed by atoms with Crippen LogP contribution >= 0.6 is 0 Å². The van der Waals surface area contributed by atoms with Gasteiger partial charge in [0.1, 0.15) is 0 Å². The Labute approximate surface area is 170 Å². The van der Waals surface area contributed by atoms with E-state index in [1.807, 2.05) is 6.20 Å². The lowest BCUT2D eigenvalue weighted by atomic mass is 9.44. The van der Waals surface area contributed by atoms with Crippen LogP contribution in [0.1, 0.15) is 71.8 Å². The summed E-state index contributed by atoms with van der Waals surface area (Å²) >= 11 is 0. The zero-order chi connectivity index (χ0) is 19.7. The van der Waals surface area contributed by atoms with Gasteiger partial charge < -0.3 is 5.11 Å². The summed E-state index contributed by atoms with van der Waals surface area (Å²) in [6.45, 7) is 9.59. The molecule has 1 N–H and O–H groups in total. The van der Waals surface area contributed by atoms with Gasteiger partial charge in [-0.1, -0.05) is 51.5 Å². The van der Waals surface area contributed by atoms with Crippen LogP contribution in [0.3, 0.4) is 0 Å². The molecule has 5 rings (SSSR count). The molecule has 1 unspecified atom stereocenters. The molecule has 2 heteroatoms. The van der Waals surface area contributed by atoms with Gasteiger partial charge in [0, 0.05) is 17.8 Å². The van der Waals surface area contributed by atoms with E-state index >= 15 is 0 Å². The van der Waals surface area contributed by atoms with Gasteiger partial charge in [-0.2, -0.15) is 0 Å². The Morgan fingerprint density at radius 1 is 0.964 bits per heavy atom. The van der Waals surface area contributed by atoms with E-state index in [4.69, 9.17) is 0 Å². The number of rotatable bonds is 1. The van der Waals surface area contributed by atoms with Crippen molar-refractivity contribution in [2.24, 2.45) is 34.0 Å². The van der Waals surface area contributed by atoms with Crippen molar-refractivity contribution in [1.82, 2.24) is 4.98 Å². The van der Waals surface area contributed by atoms with Crippen LogP contribution in [0.25, 0.3) is 5.57 Å². The van der Waals surface area contributed by atoms with Gasteiger partial charge in [-0.3, -0.25) is 4.98 Å². The van der Waals surface area contributed by atoms with Crippen molar-refractivity contribution >= 4 is 5.57 Å². The molecular weight excluding hydrogens is 342 g/mol. The maximum absolute atomic E-state index is 10.7. The van der Waals surface area contributed by atoms with Crippen LogP contribution in [0.4, 0.5) is 0 Å². The van der Waals surface area contributed by atoms with Crippen LogP contribution in [-0.2, 0) is 0 Å². The fourth-order valence-electron chi connectivity index (χ4n) is 7.93. The number of aliphatic hydroxyl groups is 1. The highest BCUT2D eigenvalue weighted by Gasteiger charge is 2.59. The van der Waals surface area contributed by atoms with Gasteiger partial charge in [0.2, 0.25) is 0 Å². The summed E-state index contributed by atoms with van der Waals surface area (Å²) in [5.41, 5.74) is 4.91. The van der Waals surface area contributed by atoms with Crippen LogP contribution in [0.2, 0.25) is 0 Å². The highest BCUT2D eigenvalue weighted by Crippen LogP contribution is 2.68. The first-order valence-corrected chi connectivity index (χ1v) is 11.3. The predicted molar refractivity (Wildman–Crippen MR) is 114 cm³/mol. The molecule has 1 heterocycles. The lowest BCUT2D eigenvalue weighted by Gasteiger charge is -2.61. The third-order valence-electron chi connectivity index (χ3n) is 9.48. The minimum atomic E-state index is -0.192. The molecule has 4 aliphatic carbocycles. The fourth-order valence-corrected chi connectivity index (χ4v) is 7.93. The highest BCUT2D eigenvalue weighted by molar-refractivity contribution is 5.72. The van der Waals surface area contributed by atoms with E-state index in [9.17, 15) is 5.11 Å². The van der Waals surface area contributed by atoms with E-state index in [0.29, 0.717) is 0 Å². The molecule has 0 aromatic carbocycles. The number of pyridine rings is 1. The Bertz CT molecular complexity index is 837. The quantitative estimate of drug-likeness (QED) is 0.606. The fraction of sp³-hybridized carbons (Fsp3) is 0.654. The molecule has 2 saturated carbocycles. The van der Waals surface area contributed by atoms with Crippen molar-refractivity contribution in [3.05, 3.63) is 47.8 Å². The summed E-state index contributed by atoms with van der Waals surface area (Å²) in [5, 5.41) is 10.7. The van der Waals surface area contributed by atoms with Gasteiger partial charge in [-0.25, -0.2) is 0 Å². The van der Waals surface area contributed by atoms with Crippen LogP contribution in [0, 0.1) is 34.0 Å². The maximum Gasteiger partial charge on any atom is 0.0628 e. The molecule has 0 saturated heterocycles. The van der Waals surface area contributed by atoms with Gasteiger partial charge >= 0.3 is 0 Å². The minimum Gasteiger partial charge on any atom is -0.392 e. The highest BCUT2D eigenvalue weighted by atomic mass is 16.3. The van der Waals surface area contributed by atoms with Gasteiger partial charge in [0.05, 0.1) is 6.10 Å². The molecule has 0 bridgehead atoms. The predicted octanol–water partition coefficient (Wildman–Crippen LogP) is 6.03. The van der Waals surface area contributed by atoms with Crippen LogP contribution in [0.5, 0.6) is 0 Å². The Morgan fingerprint density at radius 3 is 2.50 bits per heavy atom. The number of hydrogen-bond acceptors (Lipinski definition) is 2. The SMILES string of the molecule is CC1(C)C2=CC[C@@H]3[C@H](CC[C@]4(C)C(c5cccnc5)=CC[C@@H]34)[C@@]2(C)CCC1O. The second-order valence-electron chi connectivity index (χ2n) is 11.0. The Kier molecular flexibility index (Phi) is 4.02. The molecule has 0 spiro atoms. The third-order valence-corrected chi connectivity index (χ3v) is 9.48. The smallest absolute Gasteiger partial charge is 0.0628 e. The summed E-state index contributed by atoms with van der Waals surface area (Å²) in [6, 6.07) is 4.31. The largest absolute Gasteiger partial charge is 0.392 e. The van der Waals surface area contributed by atoms with E-state index in [1.165, 1.54) is 31.2 Å². The lowest BCUT2D eigenvalue weighted by molar-refractivity contribution is -0.0583. The summed E-state index contributed by atoms with van der Waals surface area (Å²) in [5.74, 6) is 2.27. The van der Waals surface area contributed by atoms with Crippen LogP contribution in [-0.4, -0.2) is 16.2 Å². The van der Waals surface area contributed by atoms with Gasteiger partial charge in [0.25, 0.3) is 0 Å². The van der Waals surface area contributed by atoms with Gasteiger partial charge in [-0.05, 0) is 84.3 Å². The van der Waals surface area contributed by atoms with Crippen molar-refractivity contribution in [3.63, 3.8) is 0 Å². The first kappa shape index (κ1) is 18.6. The first-order valence-electron chi connectivity index (χ1n) is 11.3. The lowest BCUT2D eigenvalue weighted by Crippen LogP contribution is -2.54. The summed E-state index contributed by atoms with van der Waals surface area (Å²) in [4.78, 5) is 4.39. The second-order valence-corrected chi connectivity index (χ2v) is 11.0. The number of hydrogen-bond donors (Lipinski definition) is 1. The molecule has 1 aromatic heterocycles. The summed E-state index contributed by atoms with van der Waals surface area (Å²) in [7, 11) is 0. The first-order chi connectivity index (χ1) is 13.3. The van der Waals surface area contributed by atoms with E-state index in [2.05, 4.69) is 63.2 Å². The topological polar surface area (TPSA) is 33.1 Å². The number of aromatic nitrogens is 1. The zero-order valence-corrected chi connectivity index (χ0v) is 17.9. The van der Waals surface area contributed by atoms with Crippen LogP contribution in [0.15, 0.2) is 42.3 Å². The van der Waals surface area contributed by atoms with Gasteiger partial charge in [0.15, 0.2) is 0 Å². The summed E-state index contributed by atoms with van der Waals surface area (Å²) < 4.78 is 0. The average Bonchev–Trinajstić information content (AvgIpc) is 3.03. The number of fused-ring (bicyclic) bond motifs is 5. The van der Waals surface area contributed by atoms with E-state index in [0.717, 1.165) is 30.6 Å². The summed E-state index contributed by atoms with van der Waals surface area (Å²) in [6.07, 6.45) is 15.9. The molecule has 0 aliphatic heterocycles. The molecule has 2 nitrogen and oxygen atoms in total. The molecule has 0 radical (unpaired) electrons. The minimum absolute atomic E-state index is 0.0759. The molecule has 1 aromatic rings. The number of nitrogens with zero attached hydrogens (tertiary/aromatic N) is 1. The van der Waals surface area contributed by atoms with Crippen molar-refractivity contribution in [2.45, 2.75) is 72.3 Å². The van der Waals surface area contributed by atoms with Crippen molar-refractivity contribution in [1.29, 1.82) is 0 Å². The monoisotopic (exact) mass is 377 g/mol. The average molecular weight is 378 g/mol. The van der Waals surface area contributed by atoms with Crippen molar-refractivity contribution < 1.29 is 5.11 Å². The molecule has 2 fully saturated rings. The number of allylic oxidation sites excluding steroid dienone is 3. The van der Waals surface area contributed by atoms with E-state index < -0.39 is 0 Å². The van der Waals surface area contributed by atoms with E-state index in [-0.39, 0.29) is 22.3 Å². The third kappa shape index (κ3) is 2.33. The number of aliphatic hydroxyl groups excluding tert-OH is 1. The normalized spacial score (nSPS) is 44.0. The maximum atomic E-state index is 10.7. The Morgan fingerprint density at radius 2 is 1.75 bits per heavy atom. The molecule has 4 aliphatic rings. The Hall–Kier alpha value is -1.41. The standard InChI is InChI=1S/C26H35NO/c1-24(2)22-10-7-18-20-9-8-19(17-6-5-15-27-16-17)25(20,3)13-11-21(18)26(22,4)14-12-23(24)28/h5-6,8,10,15-16,18,20-21,23,28H,7,9,11-14H2,1-4H3/t18-,20-,21-,23?,25+,26+/m0/s1. The van der Waals surface area contributed by atoms with E-state index in [1.54, 1.807) is 11.1 Å². The molecule has 0 amide bonds. The molecule has 28 heavy (non-hydrogen) atoms. The molecular formula is C26H35NO. The van der Waals surface area contributed by atoms with Gasteiger partial charge in [-0.15, -0.1) is 0 Å². The second kappa shape index (κ2) is 6.05. The molecule has 6 atom stereocenters.